The first-order valence-electron chi connectivity index (χ1n) is 20.7. The van der Waals surface area contributed by atoms with Crippen molar-refractivity contribution in [3.8, 4) is 34.2 Å². The number of hydrogen-bond donors (Lipinski definition) is 0. The highest BCUT2D eigenvalue weighted by atomic mass is 32.2. The molecule has 0 N–H and O–H groups in total. The van der Waals surface area contributed by atoms with Gasteiger partial charge in [0.2, 0.25) is 0 Å². The predicted octanol–water partition coefficient (Wildman–Crippen LogP) is 14.3. The van der Waals surface area contributed by atoms with Gasteiger partial charge < -0.3 is 0 Å². The van der Waals surface area contributed by atoms with Crippen molar-refractivity contribution in [3.63, 3.8) is 0 Å². The highest BCUT2D eigenvalue weighted by Crippen LogP contribution is 2.39. The molecule has 0 spiro atoms. The van der Waals surface area contributed by atoms with E-state index in [1.54, 1.807) is 23.5 Å². The lowest BCUT2D eigenvalue weighted by molar-refractivity contribution is 1.07. The van der Waals surface area contributed by atoms with E-state index >= 15 is 0 Å². The van der Waals surface area contributed by atoms with Crippen LogP contribution in [-0.2, 0) is 0 Å². The topological polar surface area (TPSA) is 61.4 Å². The molecule has 6 aromatic carbocycles. The second-order valence-electron chi connectivity index (χ2n) is 16.0. The lowest BCUT2D eigenvalue weighted by Crippen LogP contribution is -1.97. The van der Waals surface area contributed by atoms with E-state index in [0.717, 1.165) is 75.8 Å². The number of hydrogen-bond acceptors (Lipinski definition) is 6. The highest BCUT2D eigenvalue weighted by Gasteiger charge is 2.17. The van der Waals surface area contributed by atoms with Gasteiger partial charge >= 0.3 is 0 Å². The molecule has 0 amide bonds. The average Bonchev–Trinajstić information content (AvgIpc) is 3.77. The number of benzene rings is 6. The van der Waals surface area contributed by atoms with Crippen LogP contribution in [0.15, 0.2) is 190 Å². The molecule has 11 aromatic rings. The van der Waals surface area contributed by atoms with E-state index in [2.05, 4.69) is 170 Å². The third-order valence-corrected chi connectivity index (χ3v) is 13.4. The third kappa shape index (κ3) is 7.01. The molecule has 298 valence electrons. The minimum Gasteiger partial charge on any atom is -0.294 e. The second kappa shape index (κ2) is 15.5. The van der Waals surface area contributed by atoms with Gasteiger partial charge in [-0.15, -0.1) is 0 Å². The van der Waals surface area contributed by atoms with Gasteiger partial charge in [-0.3, -0.25) is 19.1 Å². The van der Waals surface area contributed by atoms with Crippen LogP contribution in [0, 0.1) is 27.7 Å². The Balaban J connectivity index is 0.855. The Morgan fingerprint density at radius 3 is 1.23 bits per heavy atom. The zero-order valence-corrected chi connectivity index (χ0v) is 36.3. The molecule has 5 aromatic heterocycles. The van der Waals surface area contributed by atoms with Crippen LogP contribution < -0.4 is 0 Å². The fourth-order valence-electron chi connectivity index (χ4n) is 8.47. The summed E-state index contributed by atoms with van der Waals surface area (Å²) in [5.41, 5.74) is 13.2. The summed E-state index contributed by atoms with van der Waals surface area (Å²) >= 11 is 3.49. The van der Waals surface area contributed by atoms with Crippen LogP contribution in [0.1, 0.15) is 22.3 Å². The molecule has 0 unspecified atom stereocenters. The number of fused-ring (bicyclic) bond motifs is 6. The minimum absolute atomic E-state index is 0.834. The SMILES string of the molecule is Cc1ccnc(-n2c3ccc(C)cc3c3ccc(Sc4cccc(-c5cnc(-c6cccc(Sc7ccc8c9cc(C)ccc9n(-c9cc(C)ccn9)c8c7)c6)cn5)c4)cc32)c1. The van der Waals surface area contributed by atoms with Gasteiger partial charge in [0, 0.05) is 64.6 Å². The van der Waals surface area contributed by atoms with Crippen molar-refractivity contribution in [1.29, 1.82) is 0 Å². The number of pyridine rings is 2. The maximum Gasteiger partial charge on any atom is 0.137 e. The highest BCUT2D eigenvalue weighted by molar-refractivity contribution is 7.99. The molecule has 0 aliphatic rings. The van der Waals surface area contributed by atoms with Crippen molar-refractivity contribution in [2.24, 2.45) is 0 Å². The van der Waals surface area contributed by atoms with Crippen molar-refractivity contribution >= 4 is 67.1 Å². The summed E-state index contributed by atoms with van der Waals surface area (Å²) in [6, 6.07) is 52.3. The molecular weight excluding hydrogens is 797 g/mol. The predicted molar refractivity (Wildman–Crippen MR) is 257 cm³/mol. The lowest BCUT2D eigenvalue weighted by atomic mass is 10.1. The quantitative estimate of drug-likeness (QED) is 0.152. The van der Waals surface area contributed by atoms with E-state index in [4.69, 9.17) is 19.9 Å². The fourth-order valence-corrected chi connectivity index (χ4v) is 10.3. The van der Waals surface area contributed by atoms with Gasteiger partial charge in [-0.05, 0) is 136 Å². The average molecular weight is 837 g/mol. The maximum absolute atomic E-state index is 4.92. The molecule has 8 heteroatoms. The number of nitrogens with zero attached hydrogens (tertiary/aromatic N) is 6. The first-order chi connectivity index (χ1) is 30.3. The van der Waals surface area contributed by atoms with Gasteiger partial charge in [0.1, 0.15) is 11.6 Å². The van der Waals surface area contributed by atoms with Crippen molar-refractivity contribution in [3.05, 3.63) is 193 Å². The third-order valence-electron chi connectivity index (χ3n) is 11.4. The van der Waals surface area contributed by atoms with E-state index < -0.39 is 0 Å². The first kappa shape index (κ1) is 38.0. The summed E-state index contributed by atoms with van der Waals surface area (Å²) in [5, 5.41) is 4.91. The van der Waals surface area contributed by atoms with Crippen LogP contribution in [0.25, 0.3) is 77.8 Å². The van der Waals surface area contributed by atoms with E-state index in [-0.39, 0.29) is 0 Å². The molecule has 0 saturated carbocycles. The van der Waals surface area contributed by atoms with E-state index in [9.17, 15) is 0 Å². The standard InChI is InChI=1S/C54H40N6S2/c1-33-11-17-49-45(23-33)43-15-13-41(29-51(43)59(49)53-25-35(3)19-21-55-53)61-39-9-5-7-37(27-39)47-31-58-48(32-57-47)38-8-6-10-40(28-38)62-42-14-16-44-46-24-34(2)12-18-50(46)60(52(44)30-42)54-26-36(4)20-22-56-54/h5-32H,1-4H3. The Morgan fingerprint density at radius 2 is 0.790 bits per heavy atom. The van der Waals surface area contributed by atoms with Gasteiger partial charge in [0.05, 0.1) is 45.8 Å². The Kier molecular flexibility index (Phi) is 9.48. The van der Waals surface area contributed by atoms with E-state index in [0.29, 0.717) is 0 Å². The van der Waals surface area contributed by atoms with Gasteiger partial charge in [0.25, 0.3) is 0 Å². The summed E-state index contributed by atoms with van der Waals surface area (Å²) in [4.78, 5) is 24.0. The second-order valence-corrected chi connectivity index (χ2v) is 18.3. The van der Waals surface area contributed by atoms with Crippen LogP contribution >= 0.6 is 23.5 Å². The minimum atomic E-state index is 0.834. The Labute approximate surface area is 368 Å². The fraction of sp³-hybridized carbons (Fsp3) is 0.0741. The molecular formula is C54H40N6S2. The van der Waals surface area contributed by atoms with Crippen LogP contribution in [0.4, 0.5) is 0 Å². The monoisotopic (exact) mass is 836 g/mol. The van der Waals surface area contributed by atoms with E-state index in [1.165, 1.54) is 43.8 Å². The molecule has 11 rings (SSSR count). The van der Waals surface area contributed by atoms with Crippen molar-refractivity contribution in [2.45, 2.75) is 47.3 Å². The summed E-state index contributed by atoms with van der Waals surface area (Å²) in [6.45, 7) is 8.52. The number of aromatic nitrogens is 6. The molecule has 0 aliphatic carbocycles. The summed E-state index contributed by atoms with van der Waals surface area (Å²) in [5.74, 6) is 1.85. The Hall–Kier alpha value is -7.00. The van der Waals surface area contributed by atoms with Crippen molar-refractivity contribution < 1.29 is 0 Å². The first-order valence-corrected chi connectivity index (χ1v) is 22.3. The molecule has 0 atom stereocenters. The van der Waals surface area contributed by atoms with Crippen LogP contribution in [0.3, 0.4) is 0 Å². The Bertz CT molecular complexity index is 3300. The smallest absolute Gasteiger partial charge is 0.137 e. The summed E-state index contributed by atoms with van der Waals surface area (Å²) in [6.07, 6.45) is 7.55. The molecule has 0 saturated heterocycles. The molecule has 0 bridgehead atoms. The van der Waals surface area contributed by atoms with Crippen molar-refractivity contribution in [1.82, 2.24) is 29.1 Å². The molecule has 6 nitrogen and oxygen atoms in total. The van der Waals surface area contributed by atoms with Gasteiger partial charge in [-0.25, -0.2) is 9.97 Å². The Morgan fingerprint density at radius 1 is 0.355 bits per heavy atom. The van der Waals surface area contributed by atoms with Crippen molar-refractivity contribution in [2.75, 3.05) is 0 Å². The van der Waals surface area contributed by atoms with Gasteiger partial charge in [-0.2, -0.15) is 0 Å². The molecule has 5 heterocycles. The van der Waals surface area contributed by atoms with Crippen LogP contribution in [0.5, 0.6) is 0 Å². The molecule has 0 radical (unpaired) electrons. The zero-order valence-electron chi connectivity index (χ0n) is 34.7. The molecule has 0 fully saturated rings. The number of aryl methyl sites for hydroxylation is 4. The number of rotatable bonds is 8. The maximum atomic E-state index is 4.92. The zero-order chi connectivity index (χ0) is 41.9. The summed E-state index contributed by atoms with van der Waals surface area (Å²) < 4.78 is 4.57. The van der Waals surface area contributed by atoms with Gasteiger partial charge in [0.15, 0.2) is 0 Å². The van der Waals surface area contributed by atoms with Crippen LogP contribution in [-0.4, -0.2) is 29.1 Å². The molecule has 62 heavy (non-hydrogen) atoms. The van der Waals surface area contributed by atoms with Crippen LogP contribution in [0.2, 0.25) is 0 Å². The lowest BCUT2D eigenvalue weighted by Gasteiger charge is -2.10. The summed E-state index contributed by atoms with van der Waals surface area (Å²) in [7, 11) is 0. The molecule has 0 aliphatic heterocycles. The largest absolute Gasteiger partial charge is 0.294 e. The van der Waals surface area contributed by atoms with Gasteiger partial charge in [-0.1, -0.05) is 83.2 Å². The normalized spacial score (nSPS) is 11.7. The van der Waals surface area contributed by atoms with E-state index in [1.807, 2.05) is 36.9 Å².